The van der Waals surface area contributed by atoms with Crippen LogP contribution in [-0.2, 0) is 4.79 Å². The molecule has 9 heavy (non-hydrogen) atoms. The number of amidine groups is 1. The van der Waals surface area contributed by atoms with Gasteiger partial charge in [-0.25, -0.2) is 9.79 Å². The van der Waals surface area contributed by atoms with E-state index in [0.717, 1.165) is 0 Å². The predicted octanol–water partition coefficient (Wildman–Crippen LogP) is 0.424. The van der Waals surface area contributed by atoms with Crippen LogP contribution < -0.4 is 0 Å². The van der Waals surface area contributed by atoms with E-state index in [4.69, 9.17) is 11.6 Å². The fourth-order valence-electron chi connectivity index (χ4n) is 0.422. The van der Waals surface area contributed by atoms with Gasteiger partial charge in [0.05, 0.1) is 12.1 Å². The summed E-state index contributed by atoms with van der Waals surface area (Å²) in [5, 5.41) is 0.189. The van der Waals surface area contributed by atoms with Crippen LogP contribution >= 0.6 is 11.6 Å². The molecule has 1 rings (SSSR count). The summed E-state index contributed by atoms with van der Waals surface area (Å²) < 4.78 is 0. The SMILES string of the molecule is O=C=C1C=NC(Cl)=NC1. The third-order valence-electron chi connectivity index (χ3n) is 0.838. The van der Waals surface area contributed by atoms with E-state index >= 15 is 0 Å². The maximum absolute atomic E-state index is 9.90. The second-order valence-electron chi connectivity index (χ2n) is 1.47. The minimum absolute atomic E-state index is 0.189. The van der Waals surface area contributed by atoms with Crippen molar-refractivity contribution in [3.8, 4) is 0 Å². The summed E-state index contributed by atoms with van der Waals surface area (Å²) in [7, 11) is 0. The van der Waals surface area contributed by atoms with Gasteiger partial charge in [0.1, 0.15) is 5.94 Å². The Morgan fingerprint density at radius 3 is 3.00 bits per heavy atom. The molecular weight excluding hydrogens is 140 g/mol. The van der Waals surface area contributed by atoms with Gasteiger partial charge in [-0.1, -0.05) is 0 Å². The molecule has 0 aromatic heterocycles. The minimum Gasteiger partial charge on any atom is -0.251 e. The Morgan fingerprint density at radius 2 is 2.56 bits per heavy atom. The van der Waals surface area contributed by atoms with E-state index in [9.17, 15) is 4.79 Å². The lowest BCUT2D eigenvalue weighted by atomic mass is 10.3. The lowest BCUT2D eigenvalue weighted by Crippen LogP contribution is -2.00. The Kier molecular flexibility index (Phi) is 1.78. The zero-order chi connectivity index (χ0) is 6.69. The molecule has 0 radical (unpaired) electrons. The summed E-state index contributed by atoms with van der Waals surface area (Å²) in [6.07, 6.45) is 1.36. The molecule has 0 atom stereocenters. The number of aliphatic imine (C=N–C) groups is 2. The van der Waals surface area contributed by atoms with E-state index in [-0.39, 0.29) is 5.29 Å². The van der Waals surface area contributed by atoms with Crippen molar-refractivity contribution < 1.29 is 4.79 Å². The van der Waals surface area contributed by atoms with Gasteiger partial charge in [-0.05, 0) is 11.6 Å². The maximum atomic E-state index is 9.90. The molecule has 3 nitrogen and oxygen atoms in total. The van der Waals surface area contributed by atoms with E-state index in [0.29, 0.717) is 12.1 Å². The number of hydrogen-bond acceptors (Lipinski definition) is 3. The standard InChI is InChI=1S/C5H3ClN2O/c6-5-7-1-4(3-9)2-8-5/h1H,2H2. The third-order valence-corrected chi connectivity index (χ3v) is 1.05. The number of carbonyl (C=O) groups excluding carboxylic acids is 1. The monoisotopic (exact) mass is 142 g/mol. The van der Waals surface area contributed by atoms with Gasteiger partial charge in [0.2, 0.25) is 5.29 Å². The zero-order valence-corrected chi connectivity index (χ0v) is 5.22. The van der Waals surface area contributed by atoms with Crippen LogP contribution in [0.1, 0.15) is 0 Å². The average Bonchev–Trinajstić information content (AvgIpc) is 1.90. The van der Waals surface area contributed by atoms with Crippen LogP contribution in [0.5, 0.6) is 0 Å². The largest absolute Gasteiger partial charge is 0.251 e. The molecule has 0 unspecified atom stereocenters. The highest BCUT2D eigenvalue weighted by Gasteiger charge is 1.99. The average molecular weight is 143 g/mol. The van der Waals surface area contributed by atoms with Crippen LogP contribution in [0.2, 0.25) is 0 Å². The molecule has 0 saturated heterocycles. The van der Waals surface area contributed by atoms with Crippen LogP contribution in [0, 0.1) is 0 Å². The minimum atomic E-state index is 0.189. The molecule has 1 heterocycles. The van der Waals surface area contributed by atoms with Crippen molar-refractivity contribution in [2.75, 3.05) is 6.54 Å². The van der Waals surface area contributed by atoms with Crippen LogP contribution in [0.4, 0.5) is 0 Å². The Balaban J connectivity index is 2.81. The summed E-state index contributed by atoms with van der Waals surface area (Å²) in [4.78, 5) is 17.1. The van der Waals surface area contributed by atoms with Crippen LogP contribution in [0.3, 0.4) is 0 Å². The maximum Gasteiger partial charge on any atom is 0.218 e. The molecule has 0 N–H and O–H groups in total. The van der Waals surface area contributed by atoms with E-state index in [1.807, 2.05) is 0 Å². The van der Waals surface area contributed by atoms with Gasteiger partial charge in [0, 0.05) is 6.21 Å². The normalized spacial score (nSPS) is 17.0. The number of nitrogens with zero attached hydrogens (tertiary/aromatic N) is 2. The molecule has 1 aliphatic heterocycles. The first kappa shape index (κ1) is 6.20. The molecule has 4 heteroatoms. The lowest BCUT2D eigenvalue weighted by Gasteiger charge is -1.96. The summed E-state index contributed by atoms with van der Waals surface area (Å²) in [5.41, 5.74) is 0.430. The predicted molar refractivity (Wildman–Crippen MR) is 35.9 cm³/mol. The van der Waals surface area contributed by atoms with Crippen LogP contribution in [-0.4, -0.2) is 24.0 Å². The molecular formula is C5H3ClN2O. The third kappa shape index (κ3) is 1.49. The Hall–Kier alpha value is -0.920. The van der Waals surface area contributed by atoms with Gasteiger partial charge in [-0.3, -0.25) is 4.99 Å². The van der Waals surface area contributed by atoms with Crippen molar-refractivity contribution in [1.29, 1.82) is 0 Å². The van der Waals surface area contributed by atoms with Gasteiger partial charge in [-0.15, -0.1) is 0 Å². The molecule has 0 spiro atoms. The molecule has 46 valence electrons. The van der Waals surface area contributed by atoms with Crippen molar-refractivity contribution in [3.05, 3.63) is 5.57 Å². The Bertz CT molecular complexity index is 225. The van der Waals surface area contributed by atoms with Crippen molar-refractivity contribution in [2.45, 2.75) is 0 Å². The van der Waals surface area contributed by atoms with Crippen molar-refractivity contribution in [3.63, 3.8) is 0 Å². The summed E-state index contributed by atoms with van der Waals surface area (Å²) in [6.45, 7) is 0.297. The highest BCUT2D eigenvalue weighted by molar-refractivity contribution is 6.65. The second-order valence-corrected chi connectivity index (χ2v) is 1.81. The second kappa shape index (κ2) is 2.58. The molecule has 0 saturated carbocycles. The summed E-state index contributed by atoms with van der Waals surface area (Å²) in [5.74, 6) is 1.68. The van der Waals surface area contributed by atoms with Crippen molar-refractivity contribution in [1.82, 2.24) is 0 Å². The Morgan fingerprint density at radius 1 is 1.78 bits per heavy atom. The topological polar surface area (TPSA) is 41.8 Å². The highest BCUT2D eigenvalue weighted by Crippen LogP contribution is 1.98. The quantitative estimate of drug-likeness (QED) is 0.357. The van der Waals surface area contributed by atoms with E-state index in [1.165, 1.54) is 6.21 Å². The zero-order valence-electron chi connectivity index (χ0n) is 4.47. The van der Waals surface area contributed by atoms with Crippen molar-refractivity contribution >= 4 is 29.1 Å². The molecule has 0 aromatic rings. The van der Waals surface area contributed by atoms with E-state index in [2.05, 4.69) is 9.98 Å². The van der Waals surface area contributed by atoms with Crippen molar-refractivity contribution in [2.24, 2.45) is 9.98 Å². The first-order valence-electron chi connectivity index (χ1n) is 2.31. The lowest BCUT2D eigenvalue weighted by molar-refractivity contribution is 0.567. The summed E-state index contributed by atoms with van der Waals surface area (Å²) >= 11 is 5.35. The van der Waals surface area contributed by atoms with Gasteiger partial charge in [0.25, 0.3) is 0 Å². The molecule has 0 bridgehead atoms. The highest BCUT2D eigenvalue weighted by atomic mass is 35.5. The van der Waals surface area contributed by atoms with Crippen LogP contribution in [0.25, 0.3) is 0 Å². The first-order chi connectivity index (χ1) is 4.33. The number of halogens is 1. The Labute approximate surface area is 56.8 Å². The fourth-order valence-corrected chi connectivity index (χ4v) is 0.530. The van der Waals surface area contributed by atoms with Gasteiger partial charge >= 0.3 is 0 Å². The number of hydrogen-bond donors (Lipinski definition) is 0. The van der Waals surface area contributed by atoms with Gasteiger partial charge in [0.15, 0.2) is 0 Å². The fraction of sp³-hybridized carbons (Fsp3) is 0.200. The molecule has 0 fully saturated rings. The molecule has 0 aromatic carbocycles. The van der Waals surface area contributed by atoms with E-state index < -0.39 is 0 Å². The van der Waals surface area contributed by atoms with E-state index in [1.54, 1.807) is 5.94 Å². The first-order valence-corrected chi connectivity index (χ1v) is 2.68. The molecule has 1 aliphatic rings. The number of rotatable bonds is 0. The molecule has 0 amide bonds. The molecule has 0 aliphatic carbocycles. The van der Waals surface area contributed by atoms with Crippen LogP contribution in [0.15, 0.2) is 15.6 Å². The smallest absolute Gasteiger partial charge is 0.218 e. The van der Waals surface area contributed by atoms with Gasteiger partial charge in [-0.2, -0.15) is 0 Å². The summed E-state index contributed by atoms with van der Waals surface area (Å²) in [6, 6.07) is 0. The van der Waals surface area contributed by atoms with Gasteiger partial charge < -0.3 is 0 Å².